The molecule has 5 heteroatoms. The molecule has 0 atom stereocenters. The van der Waals surface area contributed by atoms with Gasteiger partial charge < -0.3 is 4.98 Å². The number of anilines is 1. The Bertz CT molecular complexity index is 955. The topological polar surface area (TPSA) is 62.0 Å². The number of aromatic nitrogens is 1. The van der Waals surface area contributed by atoms with Gasteiger partial charge in [-0.05, 0) is 54.5 Å². The summed E-state index contributed by atoms with van der Waals surface area (Å²) in [5.41, 5.74) is 2.82. The van der Waals surface area contributed by atoms with Crippen molar-refractivity contribution >= 4 is 26.6 Å². The van der Waals surface area contributed by atoms with E-state index in [-0.39, 0.29) is 4.90 Å². The molecule has 0 aliphatic heterocycles. The second-order valence-corrected chi connectivity index (χ2v) is 8.11. The fourth-order valence-corrected chi connectivity index (χ4v) is 4.55. The number of rotatable bonds is 4. The van der Waals surface area contributed by atoms with Crippen LogP contribution in [0.5, 0.6) is 0 Å². The number of benzene rings is 2. The van der Waals surface area contributed by atoms with Crippen LogP contribution in [0.3, 0.4) is 0 Å². The average Bonchev–Trinajstić information content (AvgIpc) is 3.24. The van der Waals surface area contributed by atoms with E-state index in [2.05, 4.69) is 15.8 Å². The maximum atomic E-state index is 12.4. The number of fused-ring (bicyclic) bond motifs is 1. The van der Waals surface area contributed by atoms with Crippen LogP contribution in [0.1, 0.15) is 37.3 Å². The first kappa shape index (κ1) is 15.3. The van der Waals surface area contributed by atoms with Crippen LogP contribution < -0.4 is 4.72 Å². The van der Waals surface area contributed by atoms with E-state index in [4.69, 9.17) is 0 Å². The second-order valence-electron chi connectivity index (χ2n) is 6.43. The number of hydrogen-bond acceptors (Lipinski definition) is 2. The van der Waals surface area contributed by atoms with Gasteiger partial charge in [-0.15, -0.1) is 0 Å². The number of aromatic amines is 1. The predicted octanol–water partition coefficient (Wildman–Crippen LogP) is 4.63. The Morgan fingerprint density at radius 2 is 1.71 bits per heavy atom. The summed E-state index contributed by atoms with van der Waals surface area (Å²) in [5.74, 6) is 0.613. The molecule has 24 heavy (non-hydrogen) atoms. The Kier molecular flexibility index (Phi) is 3.81. The number of nitrogens with one attached hydrogen (secondary N) is 2. The molecule has 0 unspecified atom stereocenters. The number of H-pyrrole nitrogens is 1. The molecule has 1 aromatic heterocycles. The van der Waals surface area contributed by atoms with Gasteiger partial charge in [-0.1, -0.05) is 37.1 Å². The fraction of sp³-hybridized carbons (Fsp3) is 0.263. The van der Waals surface area contributed by atoms with Crippen molar-refractivity contribution in [2.45, 2.75) is 36.5 Å². The van der Waals surface area contributed by atoms with E-state index < -0.39 is 10.0 Å². The van der Waals surface area contributed by atoms with Gasteiger partial charge in [0.05, 0.1) is 10.6 Å². The SMILES string of the molecule is O=S(=O)(Nc1ccc2cc(C3CCCC3)[nH]c2c1)c1ccccc1. The van der Waals surface area contributed by atoms with Crippen molar-refractivity contribution in [3.8, 4) is 0 Å². The largest absolute Gasteiger partial charge is 0.358 e. The third-order valence-corrected chi connectivity index (χ3v) is 6.14. The Morgan fingerprint density at radius 1 is 0.958 bits per heavy atom. The van der Waals surface area contributed by atoms with Crippen molar-refractivity contribution in [3.63, 3.8) is 0 Å². The highest BCUT2D eigenvalue weighted by molar-refractivity contribution is 7.92. The zero-order valence-corrected chi connectivity index (χ0v) is 14.1. The van der Waals surface area contributed by atoms with Crippen molar-refractivity contribution in [2.24, 2.45) is 0 Å². The molecule has 1 fully saturated rings. The van der Waals surface area contributed by atoms with Crippen molar-refractivity contribution in [2.75, 3.05) is 4.72 Å². The molecule has 0 spiro atoms. The van der Waals surface area contributed by atoms with Crippen molar-refractivity contribution in [1.82, 2.24) is 4.98 Å². The predicted molar refractivity (Wildman–Crippen MR) is 96.8 cm³/mol. The third-order valence-electron chi connectivity index (χ3n) is 4.74. The lowest BCUT2D eigenvalue weighted by atomic mass is 10.0. The van der Waals surface area contributed by atoms with Gasteiger partial charge in [-0.25, -0.2) is 8.42 Å². The molecule has 0 saturated heterocycles. The first-order chi connectivity index (χ1) is 11.6. The molecule has 2 aromatic carbocycles. The van der Waals surface area contributed by atoms with Crippen LogP contribution in [0.4, 0.5) is 5.69 Å². The molecule has 2 N–H and O–H groups in total. The lowest BCUT2D eigenvalue weighted by Crippen LogP contribution is -2.12. The molecular weight excluding hydrogens is 320 g/mol. The van der Waals surface area contributed by atoms with Gasteiger partial charge in [0.25, 0.3) is 10.0 Å². The summed E-state index contributed by atoms with van der Waals surface area (Å²) in [7, 11) is -3.55. The lowest BCUT2D eigenvalue weighted by molar-refractivity contribution is 0.601. The molecule has 3 aromatic rings. The molecule has 1 aliphatic rings. The Hall–Kier alpha value is -2.27. The maximum absolute atomic E-state index is 12.4. The molecule has 0 bridgehead atoms. The van der Waals surface area contributed by atoms with Crippen molar-refractivity contribution in [3.05, 3.63) is 60.3 Å². The molecule has 124 valence electrons. The zero-order valence-electron chi connectivity index (χ0n) is 13.3. The average molecular weight is 340 g/mol. The van der Waals surface area contributed by atoms with E-state index in [1.807, 2.05) is 18.2 Å². The summed E-state index contributed by atoms with van der Waals surface area (Å²) < 4.78 is 27.5. The summed E-state index contributed by atoms with van der Waals surface area (Å²) in [6.07, 6.45) is 5.06. The highest BCUT2D eigenvalue weighted by Crippen LogP contribution is 2.35. The molecule has 1 saturated carbocycles. The van der Waals surface area contributed by atoms with E-state index in [1.54, 1.807) is 30.3 Å². The van der Waals surface area contributed by atoms with Crippen LogP contribution in [-0.2, 0) is 10.0 Å². The number of sulfonamides is 1. The maximum Gasteiger partial charge on any atom is 0.261 e. The normalized spacial score (nSPS) is 15.8. The fourth-order valence-electron chi connectivity index (χ4n) is 3.48. The minimum Gasteiger partial charge on any atom is -0.358 e. The van der Waals surface area contributed by atoms with E-state index in [0.717, 1.165) is 10.9 Å². The monoisotopic (exact) mass is 340 g/mol. The molecule has 1 aliphatic carbocycles. The van der Waals surface area contributed by atoms with Crippen LogP contribution >= 0.6 is 0 Å². The van der Waals surface area contributed by atoms with Crippen LogP contribution in [0.15, 0.2) is 59.5 Å². The molecule has 4 rings (SSSR count). The smallest absolute Gasteiger partial charge is 0.261 e. The van der Waals surface area contributed by atoms with Crippen LogP contribution in [0, 0.1) is 0 Å². The van der Waals surface area contributed by atoms with Crippen LogP contribution in [0.25, 0.3) is 10.9 Å². The molecule has 1 heterocycles. The highest BCUT2D eigenvalue weighted by Gasteiger charge is 2.19. The molecule has 0 amide bonds. The standard InChI is InChI=1S/C19H20N2O2S/c22-24(23,17-8-2-1-3-9-17)21-16-11-10-15-12-18(20-19(15)13-16)14-6-4-5-7-14/h1-3,8-14,20-21H,4-7H2. The highest BCUT2D eigenvalue weighted by atomic mass is 32.2. The minimum atomic E-state index is -3.55. The Balaban J connectivity index is 1.63. The van der Waals surface area contributed by atoms with Crippen molar-refractivity contribution < 1.29 is 8.42 Å². The summed E-state index contributed by atoms with van der Waals surface area (Å²) in [6, 6.07) is 16.3. The number of hydrogen-bond donors (Lipinski definition) is 2. The third kappa shape index (κ3) is 2.91. The van der Waals surface area contributed by atoms with Crippen molar-refractivity contribution in [1.29, 1.82) is 0 Å². The Labute approximate surface area is 142 Å². The van der Waals surface area contributed by atoms with Gasteiger partial charge in [-0.3, -0.25) is 4.72 Å². The lowest BCUT2D eigenvalue weighted by Gasteiger charge is -2.08. The molecular formula is C19H20N2O2S. The van der Waals surface area contributed by atoms with Crippen LogP contribution in [-0.4, -0.2) is 13.4 Å². The van der Waals surface area contributed by atoms with E-state index in [0.29, 0.717) is 11.6 Å². The van der Waals surface area contributed by atoms with Gasteiger partial charge in [0.15, 0.2) is 0 Å². The minimum absolute atomic E-state index is 0.267. The quantitative estimate of drug-likeness (QED) is 0.727. The van der Waals surface area contributed by atoms with Crippen LogP contribution in [0.2, 0.25) is 0 Å². The van der Waals surface area contributed by atoms with E-state index in [9.17, 15) is 8.42 Å². The summed E-state index contributed by atoms with van der Waals surface area (Å²) in [4.78, 5) is 3.74. The van der Waals surface area contributed by atoms with E-state index >= 15 is 0 Å². The van der Waals surface area contributed by atoms with Gasteiger partial charge in [0.2, 0.25) is 0 Å². The van der Waals surface area contributed by atoms with E-state index in [1.165, 1.54) is 31.4 Å². The molecule has 4 nitrogen and oxygen atoms in total. The zero-order chi connectivity index (χ0) is 16.6. The van der Waals surface area contributed by atoms with Gasteiger partial charge in [0, 0.05) is 11.2 Å². The first-order valence-corrected chi connectivity index (χ1v) is 9.81. The van der Waals surface area contributed by atoms with Gasteiger partial charge >= 0.3 is 0 Å². The summed E-state index contributed by atoms with van der Waals surface area (Å²) >= 11 is 0. The first-order valence-electron chi connectivity index (χ1n) is 8.32. The Morgan fingerprint density at radius 3 is 2.46 bits per heavy atom. The second kappa shape index (κ2) is 5.98. The van der Waals surface area contributed by atoms with Gasteiger partial charge in [-0.2, -0.15) is 0 Å². The van der Waals surface area contributed by atoms with Gasteiger partial charge in [0.1, 0.15) is 0 Å². The summed E-state index contributed by atoms with van der Waals surface area (Å²) in [5, 5.41) is 1.12. The summed E-state index contributed by atoms with van der Waals surface area (Å²) in [6.45, 7) is 0. The molecule has 0 radical (unpaired) electrons.